The van der Waals surface area contributed by atoms with Crippen LogP contribution in [0.5, 0.6) is 0 Å². The normalized spacial score (nSPS) is 31.0. The molecule has 0 aromatic carbocycles. The van der Waals surface area contributed by atoms with Crippen LogP contribution in [0.25, 0.3) is 0 Å². The smallest absolute Gasteiger partial charge is 0.325 e. The highest BCUT2D eigenvalue weighted by Crippen LogP contribution is 2.68. The molecule has 1 aromatic heterocycles. The number of aromatic nitrogens is 2. The SMILES string of the molecule is O=C(O)Cn1nc(C2CC2)c2c1C(F)(F)C1CC21. The first-order valence-corrected chi connectivity index (χ1v) is 6.21. The number of carbonyl (C=O) groups is 1. The van der Waals surface area contributed by atoms with Gasteiger partial charge in [-0.2, -0.15) is 13.9 Å². The summed E-state index contributed by atoms with van der Waals surface area (Å²) in [6, 6.07) is 0. The van der Waals surface area contributed by atoms with Crippen molar-refractivity contribution in [1.29, 1.82) is 0 Å². The number of carboxylic acid groups (broad SMARTS) is 1. The number of hydrogen-bond acceptors (Lipinski definition) is 2. The number of halogens is 2. The molecule has 4 rings (SSSR count). The van der Waals surface area contributed by atoms with E-state index in [4.69, 9.17) is 5.11 Å². The van der Waals surface area contributed by atoms with Crippen LogP contribution < -0.4 is 0 Å². The number of rotatable bonds is 3. The summed E-state index contributed by atoms with van der Waals surface area (Å²) in [6.07, 6.45) is 2.50. The molecule has 2 fully saturated rings. The molecule has 1 N–H and O–H groups in total. The van der Waals surface area contributed by atoms with E-state index in [0.29, 0.717) is 12.0 Å². The van der Waals surface area contributed by atoms with Gasteiger partial charge in [-0.15, -0.1) is 0 Å². The van der Waals surface area contributed by atoms with E-state index in [1.54, 1.807) is 0 Å². The van der Waals surface area contributed by atoms with Crippen molar-refractivity contribution in [3.63, 3.8) is 0 Å². The first-order valence-electron chi connectivity index (χ1n) is 6.21. The van der Waals surface area contributed by atoms with Crippen LogP contribution in [0.4, 0.5) is 8.78 Å². The average molecular weight is 254 g/mol. The van der Waals surface area contributed by atoms with Crippen molar-refractivity contribution in [3.05, 3.63) is 17.0 Å². The van der Waals surface area contributed by atoms with Gasteiger partial charge >= 0.3 is 5.97 Å². The summed E-state index contributed by atoms with van der Waals surface area (Å²) in [5, 5.41) is 13.0. The van der Waals surface area contributed by atoms with Gasteiger partial charge < -0.3 is 5.11 Å². The molecule has 3 aliphatic rings. The van der Waals surface area contributed by atoms with Gasteiger partial charge in [0.15, 0.2) is 0 Å². The Morgan fingerprint density at radius 2 is 2.22 bits per heavy atom. The Balaban J connectivity index is 1.88. The zero-order valence-electron chi connectivity index (χ0n) is 9.57. The molecule has 1 aromatic rings. The van der Waals surface area contributed by atoms with Crippen molar-refractivity contribution in [2.45, 2.75) is 43.6 Å². The third-order valence-corrected chi connectivity index (χ3v) is 4.21. The lowest BCUT2D eigenvalue weighted by Crippen LogP contribution is -2.22. The van der Waals surface area contributed by atoms with E-state index in [9.17, 15) is 13.6 Å². The van der Waals surface area contributed by atoms with Gasteiger partial charge in [-0.05, 0) is 25.2 Å². The molecule has 3 aliphatic carbocycles. The molecular weight excluding hydrogens is 242 g/mol. The van der Waals surface area contributed by atoms with Gasteiger partial charge in [0.05, 0.1) is 5.69 Å². The molecule has 2 unspecified atom stereocenters. The fourth-order valence-corrected chi connectivity index (χ4v) is 3.20. The maximum absolute atomic E-state index is 14.1. The molecule has 1 heterocycles. The van der Waals surface area contributed by atoms with Crippen LogP contribution in [-0.2, 0) is 17.3 Å². The van der Waals surface area contributed by atoms with E-state index in [0.717, 1.165) is 23.2 Å². The molecule has 4 nitrogen and oxygen atoms in total. The molecule has 2 saturated carbocycles. The Labute approximate surface area is 102 Å². The lowest BCUT2D eigenvalue weighted by Gasteiger charge is -2.14. The maximum Gasteiger partial charge on any atom is 0.325 e. The fraction of sp³-hybridized carbons (Fsp3) is 0.667. The molecule has 2 atom stereocenters. The van der Waals surface area contributed by atoms with Gasteiger partial charge in [-0.1, -0.05) is 0 Å². The minimum Gasteiger partial charge on any atom is -0.480 e. The molecule has 0 saturated heterocycles. The molecule has 6 heteroatoms. The topological polar surface area (TPSA) is 55.1 Å². The Hall–Kier alpha value is -1.46. The number of hydrogen-bond donors (Lipinski definition) is 1. The lowest BCUT2D eigenvalue weighted by molar-refractivity contribution is -0.138. The van der Waals surface area contributed by atoms with E-state index in [2.05, 4.69) is 5.10 Å². The van der Waals surface area contributed by atoms with Crippen LogP contribution in [0.1, 0.15) is 48.0 Å². The van der Waals surface area contributed by atoms with Crippen molar-refractivity contribution >= 4 is 5.97 Å². The maximum atomic E-state index is 14.1. The van der Waals surface area contributed by atoms with Crippen molar-refractivity contribution in [3.8, 4) is 0 Å². The summed E-state index contributed by atoms with van der Waals surface area (Å²) in [5.41, 5.74) is 1.30. The second kappa shape index (κ2) is 2.92. The second-order valence-corrected chi connectivity index (χ2v) is 5.54. The van der Waals surface area contributed by atoms with Gasteiger partial charge in [-0.25, -0.2) is 0 Å². The Bertz CT molecular complexity index is 563. The van der Waals surface area contributed by atoms with Gasteiger partial charge in [0, 0.05) is 17.4 Å². The number of nitrogens with zero attached hydrogens (tertiary/aromatic N) is 2. The summed E-state index contributed by atoms with van der Waals surface area (Å²) in [5.74, 6) is -4.42. The Kier molecular flexibility index (Phi) is 1.70. The first-order chi connectivity index (χ1) is 8.50. The van der Waals surface area contributed by atoms with E-state index in [-0.39, 0.29) is 17.5 Å². The second-order valence-electron chi connectivity index (χ2n) is 5.54. The van der Waals surface area contributed by atoms with Crippen molar-refractivity contribution in [2.75, 3.05) is 0 Å². The fourth-order valence-electron chi connectivity index (χ4n) is 3.20. The standard InChI is InChI=1S/C12H12F2N2O2/c13-12(14)7-3-6(7)9-10(5-1-2-5)15-16(11(9)12)4-8(17)18/h5-7H,1-4H2,(H,17,18). The van der Waals surface area contributed by atoms with Gasteiger partial charge in [0.2, 0.25) is 0 Å². The molecular formula is C12H12F2N2O2. The first kappa shape index (κ1) is 10.5. The molecule has 0 radical (unpaired) electrons. The molecule has 0 spiro atoms. The van der Waals surface area contributed by atoms with Crippen molar-refractivity contribution in [1.82, 2.24) is 9.78 Å². The van der Waals surface area contributed by atoms with E-state index in [1.807, 2.05) is 0 Å². The highest BCUT2D eigenvalue weighted by atomic mass is 19.3. The minimum atomic E-state index is -2.89. The minimum absolute atomic E-state index is 0.0758. The number of alkyl halides is 2. The van der Waals surface area contributed by atoms with Gasteiger partial charge in [0.25, 0.3) is 5.92 Å². The Morgan fingerprint density at radius 3 is 2.83 bits per heavy atom. The summed E-state index contributed by atoms with van der Waals surface area (Å²) >= 11 is 0. The predicted octanol–water partition coefficient (Wildman–Crippen LogP) is 2.05. The van der Waals surface area contributed by atoms with E-state index < -0.39 is 24.4 Å². The quantitative estimate of drug-likeness (QED) is 0.898. The Morgan fingerprint density at radius 1 is 1.50 bits per heavy atom. The van der Waals surface area contributed by atoms with Gasteiger partial charge in [0.1, 0.15) is 12.2 Å². The molecule has 0 aliphatic heterocycles. The van der Waals surface area contributed by atoms with Crippen LogP contribution in [0.2, 0.25) is 0 Å². The molecule has 96 valence electrons. The van der Waals surface area contributed by atoms with Crippen molar-refractivity contribution < 1.29 is 18.7 Å². The number of carboxylic acids is 1. The van der Waals surface area contributed by atoms with Crippen LogP contribution in [0, 0.1) is 5.92 Å². The summed E-state index contributed by atoms with van der Waals surface area (Å²) in [7, 11) is 0. The van der Waals surface area contributed by atoms with E-state index >= 15 is 0 Å². The highest BCUT2D eigenvalue weighted by Gasteiger charge is 2.67. The van der Waals surface area contributed by atoms with Crippen LogP contribution >= 0.6 is 0 Å². The molecule has 0 amide bonds. The molecule has 0 bridgehead atoms. The van der Waals surface area contributed by atoms with Crippen LogP contribution in [0.3, 0.4) is 0 Å². The molecule has 18 heavy (non-hydrogen) atoms. The van der Waals surface area contributed by atoms with Gasteiger partial charge in [-0.3, -0.25) is 9.48 Å². The zero-order chi connectivity index (χ0) is 12.7. The van der Waals surface area contributed by atoms with E-state index in [1.165, 1.54) is 0 Å². The summed E-state index contributed by atoms with van der Waals surface area (Å²) < 4.78 is 29.3. The largest absolute Gasteiger partial charge is 0.480 e. The zero-order valence-corrected chi connectivity index (χ0v) is 9.57. The average Bonchev–Trinajstić information content (AvgIpc) is 3.15. The van der Waals surface area contributed by atoms with Crippen molar-refractivity contribution in [2.24, 2.45) is 5.92 Å². The number of fused-ring (bicyclic) bond motifs is 3. The van der Waals surface area contributed by atoms with Crippen LogP contribution in [0.15, 0.2) is 0 Å². The highest BCUT2D eigenvalue weighted by molar-refractivity contribution is 5.67. The monoisotopic (exact) mass is 254 g/mol. The lowest BCUT2D eigenvalue weighted by atomic mass is 10.1. The summed E-state index contributed by atoms with van der Waals surface area (Å²) in [6.45, 7) is -0.468. The third-order valence-electron chi connectivity index (χ3n) is 4.21. The third kappa shape index (κ3) is 1.18. The number of aliphatic carboxylic acids is 1. The van der Waals surface area contributed by atoms with Crippen LogP contribution in [-0.4, -0.2) is 20.9 Å². The predicted molar refractivity (Wildman–Crippen MR) is 56.6 cm³/mol. The summed E-state index contributed by atoms with van der Waals surface area (Å²) in [4.78, 5) is 10.8.